The van der Waals surface area contributed by atoms with Crippen molar-refractivity contribution in [3.8, 4) is 0 Å². The Morgan fingerprint density at radius 1 is 1.11 bits per heavy atom. The molecule has 1 aliphatic rings. The van der Waals surface area contributed by atoms with Crippen LogP contribution in [0.1, 0.15) is 32.3 Å². The van der Waals surface area contributed by atoms with Crippen LogP contribution in [-0.2, 0) is 19.9 Å². The predicted molar refractivity (Wildman–Crippen MR) is 110 cm³/mol. The van der Waals surface area contributed by atoms with Gasteiger partial charge in [-0.3, -0.25) is 9.59 Å². The van der Waals surface area contributed by atoms with Crippen molar-refractivity contribution in [3.63, 3.8) is 0 Å². The van der Waals surface area contributed by atoms with Gasteiger partial charge in [0.15, 0.2) is 0 Å². The fourth-order valence-electron chi connectivity index (χ4n) is 4.17. The summed E-state index contributed by atoms with van der Waals surface area (Å²) in [6.45, 7) is 5.58. The molecule has 3 rings (SSSR count). The minimum absolute atomic E-state index is 0.148. The van der Waals surface area contributed by atoms with Gasteiger partial charge in [0.1, 0.15) is 12.2 Å². The second-order valence-electron chi connectivity index (χ2n) is 7.30. The lowest BCUT2D eigenvalue weighted by atomic mass is 9.77. The molecule has 1 fully saturated rings. The second-order valence-corrected chi connectivity index (χ2v) is 7.30. The van der Waals surface area contributed by atoms with Crippen LogP contribution in [0.4, 0.5) is 5.69 Å². The van der Waals surface area contributed by atoms with E-state index >= 15 is 0 Å². The Labute approximate surface area is 166 Å². The molecule has 0 radical (unpaired) electrons. The number of nitrogens with zero attached hydrogens (tertiary/aromatic N) is 1. The largest absolute Gasteiger partial charge is 0.465 e. The molecule has 2 aromatic rings. The number of ether oxygens (including phenoxy) is 1. The van der Waals surface area contributed by atoms with Crippen molar-refractivity contribution in [1.29, 1.82) is 0 Å². The molecule has 1 heterocycles. The molecule has 0 saturated carbocycles. The third-order valence-corrected chi connectivity index (χ3v) is 5.47. The fourth-order valence-corrected chi connectivity index (χ4v) is 4.17. The first-order valence-corrected chi connectivity index (χ1v) is 9.80. The Kier molecular flexibility index (Phi) is 6.47. The summed E-state index contributed by atoms with van der Waals surface area (Å²) in [6.07, 6.45) is 0.457. The van der Waals surface area contributed by atoms with Crippen molar-refractivity contribution < 1.29 is 14.3 Å². The zero-order chi connectivity index (χ0) is 20.0. The fraction of sp³-hybridized carbons (Fsp3) is 0.391. The van der Waals surface area contributed by atoms with Crippen molar-refractivity contribution in [1.82, 2.24) is 5.32 Å². The van der Waals surface area contributed by atoms with Gasteiger partial charge in [0.05, 0.1) is 12.1 Å². The summed E-state index contributed by atoms with van der Waals surface area (Å²) >= 11 is 0. The first-order valence-electron chi connectivity index (χ1n) is 9.80. The molecule has 0 aliphatic carbocycles. The van der Waals surface area contributed by atoms with Gasteiger partial charge < -0.3 is 15.0 Å². The van der Waals surface area contributed by atoms with Gasteiger partial charge in [-0.2, -0.15) is 0 Å². The van der Waals surface area contributed by atoms with E-state index in [1.807, 2.05) is 36.4 Å². The monoisotopic (exact) mass is 380 g/mol. The highest BCUT2D eigenvalue weighted by Gasteiger charge is 2.45. The van der Waals surface area contributed by atoms with E-state index in [0.717, 1.165) is 18.8 Å². The van der Waals surface area contributed by atoms with Gasteiger partial charge in [0.25, 0.3) is 0 Å². The van der Waals surface area contributed by atoms with Crippen molar-refractivity contribution in [2.45, 2.75) is 38.3 Å². The van der Waals surface area contributed by atoms with Gasteiger partial charge in [0, 0.05) is 31.2 Å². The van der Waals surface area contributed by atoms with Crippen molar-refractivity contribution >= 4 is 17.4 Å². The van der Waals surface area contributed by atoms with E-state index in [0.29, 0.717) is 6.42 Å². The van der Waals surface area contributed by atoms with Crippen LogP contribution >= 0.6 is 0 Å². The molecule has 2 unspecified atom stereocenters. The number of piperazine rings is 1. The minimum atomic E-state index is -0.460. The molecule has 5 nitrogen and oxygen atoms in total. The SMILES string of the molecule is CC(=O)CC(=O)OCCC1(c2ccccc2)C(C)NCCN1c1ccccc1. The average molecular weight is 380 g/mol. The Hall–Kier alpha value is -2.66. The summed E-state index contributed by atoms with van der Waals surface area (Å²) in [7, 11) is 0. The highest BCUT2D eigenvalue weighted by molar-refractivity contribution is 5.94. The van der Waals surface area contributed by atoms with E-state index in [4.69, 9.17) is 4.74 Å². The van der Waals surface area contributed by atoms with E-state index in [2.05, 4.69) is 41.4 Å². The normalized spacial score (nSPS) is 21.9. The van der Waals surface area contributed by atoms with Crippen LogP contribution in [0.3, 0.4) is 0 Å². The van der Waals surface area contributed by atoms with Crippen LogP contribution in [0.5, 0.6) is 0 Å². The average Bonchev–Trinajstić information content (AvgIpc) is 2.70. The predicted octanol–water partition coefficient (Wildman–Crippen LogP) is 3.29. The maximum absolute atomic E-state index is 11.9. The molecular weight excluding hydrogens is 352 g/mol. The maximum atomic E-state index is 11.9. The Morgan fingerprint density at radius 3 is 2.39 bits per heavy atom. The van der Waals surface area contributed by atoms with Crippen molar-refractivity contribution in [2.24, 2.45) is 0 Å². The number of esters is 1. The summed E-state index contributed by atoms with van der Waals surface area (Å²) in [6, 6.07) is 20.9. The van der Waals surface area contributed by atoms with E-state index in [1.54, 1.807) is 0 Å². The summed E-state index contributed by atoms with van der Waals surface area (Å²) in [5.74, 6) is -0.639. The standard InChI is InChI=1S/C23H28N2O3/c1-18(26)17-22(27)28-16-13-23(20-9-5-3-6-10-20)19(2)24-14-15-25(23)21-11-7-4-8-12-21/h3-12,19,24H,13-17H2,1-2H3. The number of benzene rings is 2. The third kappa shape index (κ3) is 4.25. The lowest BCUT2D eigenvalue weighted by molar-refractivity contribution is -0.146. The Bertz CT molecular complexity index is 794. The summed E-state index contributed by atoms with van der Waals surface area (Å²) in [5.41, 5.74) is 1.97. The van der Waals surface area contributed by atoms with Crippen LogP contribution in [0.15, 0.2) is 60.7 Å². The van der Waals surface area contributed by atoms with Gasteiger partial charge in [-0.05, 0) is 31.5 Å². The summed E-state index contributed by atoms with van der Waals surface area (Å²) < 4.78 is 5.42. The molecule has 5 heteroatoms. The number of Topliss-reactive ketones (excluding diaryl/α,β-unsaturated/α-hetero) is 1. The minimum Gasteiger partial charge on any atom is -0.465 e. The van der Waals surface area contributed by atoms with Crippen LogP contribution in [-0.4, -0.2) is 37.5 Å². The Morgan fingerprint density at radius 2 is 1.75 bits per heavy atom. The third-order valence-electron chi connectivity index (χ3n) is 5.47. The first kappa shape index (κ1) is 20.1. The number of anilines is 1. The number of carbonyl (C=O) groups excluding carboxylic acids is 2. The zero-order valence-electron chi connectivity index (χ0n) is 16.6. The Balaban J connectivity index is 1.94. The van der Waals surface area contributed by atoms with Crippen LogP contribution < -0.4 is 10.2 Å². The molecule has 1 N–H and O–H groups in total. The van der Waals surface area contributed by atoms with Crippen LogP contribution in [0.2, 0.25) is 0 Å². The molecule has 0 amide bonds. The number of hydrogen-bond donors (Lipinski definition) is 1. The van der Waals surface area contributed by atoms with Crippen LogP contribution in [0.25, 0.3) is 0 Å². The van der Waals surface area contributed by atoms with Gasteiger partial charge in [0.2, 0.25) is 0 Å². The van der Waals surface area contributed by atoms with E-state index in [9.17, 15) is 9.59 Å². The van der Waals surface area contributed by atoms with Crippen molar-refractivity contribution in [3.05, 3.63) is 66.2 Å². The molecule has 2 atom stereocenters. The smallest absolute Gasteiger partial charge is 0.313 e. The van der Waals surface area contributed by atoms with E-state index in [1.165, 1.54) is 12.5 Å². The molecule has 28 heavy (non-hydrogen) atoms. The lowest BCUT2D eigenvalue weighted by Crippen LogP contribution is -2.64. The highest BCUT2D eigenvalue weighted by atomic mass is 16.5. The number of para-hydroxylation sites is 1. The topological polar surface area (TPSA) is 58.6 Å². The molecule has 0 bridgehead atoms. The first-order chi connectivity index (χ1) is 13.5. The molecule has 0 spiro atoms. The molecule has 2 aromatic carbocycles. The highest BCUT2D eigenvalue weighted by Crippen LogP contribution is 2.40. The molecule has 1 saturated heterocycles. The number of hydrogen-bond acceptors (Lipinski definition) is 5. The van der Waals surface area contributed by atoms with E-state index in [-0.39, 0.29) is 30.4 Å². The maximum Gasteiger partial charge on any atom is 0.313 e. The van der Waals surface area contributed by atoms with Gasteiger partial charge in [-0.15, -0.1) is 0 Å². The summed E-state index contributed by atoms with van der Waals surface area (Å²) in [4.78, 5) is 25.5. The van der Waals surface area contributed by atoms with Gasteiger partial charge >= 0.3 is 5.97 Å². The van der Waals surface area contributed by atoms with Gasteiger partial charge in [-0.25, -0.2) is 0 Å². The van der Waals surface area contributed by atoms with E-state index < -0.39 is 5.97 Å². The summed E-state index contributed by atoms with van der Waals surface area (Å²) in [5, 5.41) is 3.61. The number of nitrogens with one attached hydrogen (secondary N) is 1. The zero-order valence-corrected chi connectivity index (χ0v) is 16.6. The van der Waals surface area contributed by atoms with Crippen molar-refractivity contribution in [2.75, 3.05) is 24.6 Å². The number of carbonyl (C=O) groups is 2. The molecule has 0 aromatic heterocycles. The molecule has 1 aliphatic heterocycles. The van der Waals surface area contributed by atoms with Gasteiger partial charge in [-0.1, -0.05) is 48.5 Å². The van der Waals surface area contributed by atoms with Crippen LogP contribution in [0, 0.1) is 0 Å². The number of ketones is 1. The second kappa shape index (κ2) is 9.02. The molecular formula is C23H28N2O3. The lowest BCUT2D eigenvalue weighted by Gasteiger charge is -2.53. The quantitative estimate of drug-likeness (QED) is 0.590. The molecule has 148 valence electrons. The number of rotatable bonds is 7.